The average Bonchev–Trinajstić information content (AvgIpc) is 2.68. The Balaban J connectivity index is 2.71. The summed E-state index contributed by atoms with van der Waals surface area (Å²) in [5.41, 5.74) is 6.86. The first-order chi connectivity index (χ1) is 13.6. The summed E-state index contributed by atoms with van der Waals surface area (Å²) < 4.78 is 0. The van der Waals surface area contributed by atoms with Crippen molar-refractivity contribution in [2.24, 2.45) is 11.7 Å². The van der Waals surface area contributed by atoms with Crippen LogP contribution in [0.2, 0.25) is 0 Å². The number of aliphatic carboxylic acids is 1. The number of benzene rings is 1. The van der Waals surface area contributed by atoms with Crippen LogP contribution in [0.1, 0.15) is 19.4 Å². The molecule has 0 saturated carbocycles. The fourth-order valence-corrected chi connectivity index (χ4v) is 2.75. The summed E-state index contributed by atoms with van der Waals surface area (Å²) in [4.78, 5) is 47.6. The van der Waals surface area contributed by atoms with Crippen molar-refractivity contribution in [1.29, 1.82) is 0 Å². The first kappa shape index (κ1) is 24.4. The highest BCUT2D eigenvalue weighted by Gasteiger charge is 2.29. The zero-order valence-electron chi connectivity index (χ0n) is 16.4. The lowest BCUT2D eigenvalue weighted by Crippen LogP contribution is -2.58. The molecule has 1 rings (SSSR count). The van der Waals surface area contributed by atoms with Crippen LogP contribution in [0, 0.1) is 5.92 Å². The second kappa shape index (κ2) is 12.1. The molecule has 1 aromatic rings. The van der Waals surface area contributed by atoms with Crippen LogP contribution in [-0.2, 0) is 25.6 Å². The van der Waals surface area contributed by atoms with Crippen molar-refractivity contribution in [3.8, 4) is 0 Å². The number of nitrogens with one attached hydrogen (secondary N) is 3. The van der Waals surface area contributed by atoms with E-state index in [0.717, 1.165) is 5.56 Å². The van der Waals surface area contributed by atoms with Gasteiger partial charge in [-0.25, -0.2) is 0 Å². The zero-order valence-corrected chi connectivity index (χ0v) is 17.3. The van der Waals surface area contributed by atoms with Gasteiger partial charge < -0.3 is 26.8 Å². The average molecular weight is 425 g/mol. The Morgan fingerprint density at radius 2 is 1.66 bits per heavy atom. The van der Waals surface area contributed by atoms with E-state index in [0.29, 0.717) is 6.42 Å². The number of hydrogen-bond acceptors (Lipinski definition) is 6. The summed E-state index contributed by atoms with van der Waals surface area (Å²) in [6, 6.07) is 6.46. The summed E-state index contributed by atoms with van der Waals surface area (Å²) >= 11 is 4.02. The molecule has 0 radical (unpaired) electrons. The van der Waals surface area contributed by atoms with Gasteiger partial charge in [-0.15, -0.1) is 0 Å². The SMILES string of the molecule is CC(C)C(NC(=O)C(N)Cc1ccccc1)C(=O)NC(CS)C(=O)NCC(=O)O. The van der Waals surface area contributed by atoms with Crippen LogP contribution in [0.15, 0.2) is 30.3 Å². The van der Waals surface area contributed by atoms with E-state index in [1.807, 2.05) is 30.3 Å². The van der Waals surface area contributed by atoms with Gasteiger partial charge in [0.2, 0.25) is 17.7 Å². The van der Waals surface area contributed by atoms with Crippen LogP contribution in [0.4, 0.5) is 0 Å². The summed E-state index contributed by atoms with van der Waals surface area (Å²) in [6.07, 6.45) is 0.315. The first-order valence-electron chi connectivity index (χ1n) is 9.16. The van der Waals surface area contributed by atoms with Gasteiger partial charge in [0.25, 0.3) is 0 Å². The molecular weight excluding hydrogens is 396 g/mol. The Labute approximate surface area is 175 Å². The van der Waals surface area contributed by atoms with Gasteiger partial charge in [-0.05, 0) is 17.9 Å². The molecular formula is C19H28N4O5S. The van der Waals surface area contributed by atoms with Gasteiger partial charge in [-0.2, -0.15) is 12.6 Å². The summed E-state index contributed by atoms with van der Waals surface area (Å²) in [5.74, 6) is -3.26. The van der Waals surface area contributed by atoms with Crippen molar-refractivity contribution >= 4 is 36.3 Å². The highest BCUT2D eigenvalue weighted by atomic mass is 32.1. The van der Waals surface area contributed by atoms with Crippen molar-refractivity contribution in [2.75, 3.05) is 12.3 Å². The number of carboxylic acids is 1. The molecule has 160 valence electrons. The molecule has 1 aromatic carbocycles. The monoisotopic (exact) mass is 424 g/mol. The third kappa shape index (κ3) is 8.53. The van der Waals surface area contributed by atoms with Crippen molar-refractivity contribution in [3.63, 3.8) is 0 Å². The van der Waals surface area contributed by atoms with E-state index in [1.54, 1.807) is 13.8 Å². The zero-order chi connectivity index (χ0) is 22.0. The molecule has 3 atom stereocenters. The van der Waals surface area contributed by atoms with Gasteiger partial charge in [-0.1, -0.05) is 44.2 Å². The number of amides is 3. The Bertz CT molecular complexity index is 714. The molecule has 0 bridgehead atoms. The molecule has 0 aliphatic carbocycles. The van der Waals surface area contributed by atoms with E-state index in [1.165, 1.54) is 0 Å². The fourth-order valence-electron chi connectivity index (χ4n) is 2.50. The van der Waals surface area contributed by atoms with E-state index in [4.69, 9.17) is 10.8 Å². The van der Waals surface area contributed by atoms with Crippen molar-refractivity contribution in [2.45, 2.75) is 38.4 Å². The molecule has 0 aliphatic rings. The normalized spacial score (nSPS) is 13.8. The third-order valence-corrected chi connectivity index (χ3v) is 4.48. The van der Waals surface area contributed by atoms with Gasteiger partial charge in [0, 0.05) is 5.75 Å². The number of thiol groups is 1. The lowest BCUT2D eigenvalue weighted by atomic mass is 10.0. The van der Waals surface area contributed by atoms with Crippen LogP contribution < -0.4 is 21.7 Å². The van der Waals surface area contributed by atoms with Crippen molar-refractivity contribution in [1.82, 2.24) is 16.0 Å². The Kier molecular flexibility index (Phi) is 10.2. The summed E-state index contributed by atoms with van der Waals surface area (Å²) in [7, 11) is 0. The van der Waals surface area contributed by atoms with Crippen LogP contribution in [-0.4, -0.2) is 59.2 Å². The Hall–Kier alpha value is -2.59. The molecule has 29 heavy (non-hydrogen) atoms. The topological polar surface area (TPSA) is 151 Å². The van der Waals surface area contributed by atoms with Gasteiger partial charge in [0.1, 0.15) is 18.6 Å². The maximum Gasteiger partial charge on any atom is 0.322 e. The second-order valence-corrected chi connectivity index (χ2v) is 7.25. The van der Waals surface area contributed by atoms with E-state index < -0.39 is 48.4 Å². The number of rotatable bonds is 11. The molecule has 9 nitrogen and oxygen atoms in total. The Morgan fingerprint density at radius 1 is 1.03 bits per heavy atom. The molecule has 0 aliphatic heterocycles. The number of hydrogen-bond donors (Lipinski definition) is 6. The van der Waals surface area contributed by atoms with E-state index in [-0.39, 0.29) is 11.7 Å². The lowest BCUT2D eigenvalue weighted by Gasteiger charge is -2.25. The smallest absolute Gasteiger partial charge is 0.322 e. The highest BCUT2D eigenvalue weighted by Crippen LogP contribution is 2.06. The van der Waals surface area contributed by atoms with Crippen LogP contribution in [0.5, 0.6) is 0 Å². The van der Waals surface area contributed by atoms with Crippen LogP contribution in [0.3, 0.4) is 0 Å². The maximum atomic E-state index is 12.6. The molecule has 10 heteroatoms. The predicted octanol–water partition coefficient (Wildman–Crippen LogP) is -0.687. The largest absolute Gasteiger partial charge is 0.480 e. The number of carbonyl (C=O) groups excluding carboxylic acids is 3. The molecule has 0 aromatic heterocycles. The van der Waals surface area contributed by atoms with Gasteiger partial charge >= 0.3 is 5.97 Å². The quantitative estimate of drug-likeness (QED) is 0.259. The van der Waals surface area contributed by atoms with E-state index in [2.05, 4.69) is 28.6 Å². The Morgan fingerprint density at radius 3 is 2.17 bits per heavy atom. The molecule has 0 fully saturated rings. The van der Waals surface area contributed by atoms with Crippen molar-refractivity contribution in [3.05, 3.63) is 35.9 Å². The number of nitrogens with two attached hydrogens (primary N) is 1. The first-order valence-corrected chi connectivity index (χ1v) is 9.79. The van der Waals surface area contributed by atoms with Gasteiger partial charge in [0.05, 0.1) is 6.04 Å². The summed E-state index contributed by atoms with van der Waals surface area (Å²) in [6.45, 7) is 2.92. The second-order valence-electron chi connectivity index (χ2n) is 6.88. The number of carbonyl (C=O) groups is 4. The van der Waals surface area contributed by atoms with Crippen molar-refractivity contribution < 1.29 is 24.3 Å². The summed E-state index contributed by atoms with van der Waals surface area (Å²) in [5, 5.41) is 15.9. The van der Waals surface area contributed by atoms with Crippen LogP contribution in [0.25, 0.3) is 0 Å². The predicted molar refractivity (Wildman–Crippen MR) is 111 cm³/mol. The molecule has 0 spiro atoms. The van der Waals surface area contributed by atoms with E-state index >= 15 is 0 Å². The van der Waals surface area contributed by atoms with Gasteiger partial charge in [0.15, 0.2) is 0 Å². The molecule has 0 heterocycles. The van der Waals surface area contributed by atoms with Crippen LogP contribution >= 0.6 is 12.6 Å². The molecule has 0 saturated heterocycles. The number of carboxylic acid groups (broad SMARTS) is 1. The molecule has 3 amide bonds. The third-order valence-electron chi connectivity index (χ3n) is 4.11. The minimum atomic E-state index is -1.21. The fraction of sp³-hybridized carbons (Fsp3) is 0.474. The maximum absolute atomic E-state index is 12.6. The van der Waals surface area contributed by atoms with E-state index in [9.17, 15) is 19.2 Å². The molecule has 6 N–H and O–H groups in total. The molecule has 3 unspecified atom stereocenters. The van der Waals surface area contributed by atoms with Gasteiger partial charge in [-0.3, -0.25) is 19.2 Å². The minimum Gasteiger partial charge on any atom is -0.480 e. The lowest BCUT2D eigenvalue weighted by molar-refractivity contribution is -0.138. The standard InChI is InChI=1S/C19H28N4O5S/c1-11(2)16(19(28)22-14(10-29)18(27)21-9-15(24)25)23-17(26)13(20)8-12-6-4-3-5-7-12/h3-7,11,13-14,16,29H,8-10,20H2,1-2H3,(H,21,27)(H,22,28)(H,23,26)(H,24,25). The minimum absolute atomic E-state index is 0.0382. The highest BCUT2D eigenvalue weighted by molar-refractivity contribution is 7.80.